The number of hydrogen-bond donors (Lipinski definition) is 2. The van der Waals surface area contributed by atoms with Crippen molar-refractivity contribution in [2.24, 2.45) is 0 Å². The summed E-state index contributed by atoms with van der Waals surface area (Å²) in [6.07, 6.45) is -4.42. The molecule has 0 aliphatic carbocycles. The molecule has 0 saturated carbocycles. The molecule has 0 aliphatic rings. The molecule has 0 heterocycles. The number of rotatable bonds is 5. The second-order valence-electron chi connectivity index (χ2n) is 5.55. The van der Waals surface area contributed by atoms with Crippen molar-refractivity contribution in [2.45, 2.75) is 25.3 Å². The lowest BCUT2D eigenvalue weighted by molar-refractivity contribution is -0.137. The first-order valence-corrected chi connectivity index (χ1v) is 8.64. The van der Waals surface area contributed by atoms with Gasteiger partial charge in [-0.05, 0) is 62.4 Å². The highest BCUT2D eigenvalue weighted by molar-refractivity contribution is 7.86. The van der Waals surface area contributed by atoms with E-state index in [1.165, 1.54) is 12.1 Å². The van der Waals surface area contributed by atoms with Gasteiger partial charge in [0, 0.05) is 22.2 Å². The number of carbonyl (C=O) groups is 1. The van der Waals surface area contributed by atoms with Crippen molar-refractivity contribution in [2.75, 3.05) is 10.0 Å². The SMILES string of the molecule is CC(C)S(=O)Nc1ccc(C(=O)Nc2ccc(C(F)(F)F)cc2)cc1. The molecule has 1 amide bonds. The number of anilines is 2. The van der Waals surface area contributed by atoms with Crippen molar-refractivity contribution in [1.29, 1.82) is 0 Å². The first kappa shape index (κ1) is 19.0. The Morgan fingerprint density at radius 2 is 1.48 bits per heavy atom. The molecule has 0 aromatic heterocycles. The lowest BCUT2D eigenvalue weighted by atomic mass is 10.1. The smallest absolute Gasteiger partial charge is 0.322 e. The fourth-order valence-electron chi connectivity index (χ4n) is 1.87. The molecule has 1 atom stereocenters. The van der Waals surface area contributed by atoms with Crippen LogP contribution in [0.2, 0.25) is 0 Å². The van der Waals surface area contributed by atoms with Crippen LogP contribution in [0.25, 0.3) is 0 Å². The zero-order valence-electron chi connectivity index (χ0n) is 13.6. The van der Waals surface area contributed by atoms with Gasteiger partial charge < -0.3 is 10.0 Å². The molecular weight excluding hydrogens is 353 g/mol. The number of benzene rings is 2. The number of hydrogen-bond acceptors (Lipinski definition) is 2. The van der Waals surface area contributed by atoms with Crippen molar-refractivity contribution < 1.29 is 22.2 Å². The highest BCUT2D eigenvalue weighted by Gasteiger charge is 2.29. The van der Waals surface area contributed by atoms with Crippen molar-refractivity contribution in [3.05, 3.63) is 59.7 Å². The Morgan fingerprint density at radius 3 is 1.96 bits per heavy atom. The lowest BCUT2D eigenvalue weighted by Crippen LogP contribution is -2.15. The van der Waals surface area contributed by atoms with Crippen LogP contribution in [-0.2, 0) is 17.2 Å². The highest BCUT2D eigenvalue weighted by atomic mass is 32.2. The van der Waals surface area contributed by atoms with Crippen LogP contribution in [0.3, 0.4) is 0 Å². The number of nitrogens with one attached hydrogen (secondary N) is 2. The summed E-state index contributed by atoms with van der Waals surface area (Å²) in [5, 5.41) is 2.48. The van der Waals surface area contributed by atoms with Gasteiger partial charge in [-0.15, -0.1) is 0 Å². The fourth-order valence-corrected chi connectivity index (χ4v) is 2.47. The molecule has 4 nitrogen and oxygen atoms in total. The fraction of sp³-hybridized carbons (Fsp3) is 0.235. The number of halogens is 3. The van der Waals surface area contributed by atoms with Crippen molar-refractivity contribution in [3.63, 3.8) is 0 Å². The van der Waals surface area contributed by atoms with E-state index >= 15 is 0 Å². The van der Waals surface area contributed by atoms with Gasteiger partial charge in [0.2, 0.25) is 0 Å². The number of carbonyl (C=O) groups excluding carboxylic acids is 1. The zero-order valence-corrected chi connectivity index (χ0v) is 14.4. The quantitative estimate of drug-likeness (QED) is 0.817. The number of amides is 1. The van der Waals surface area contributed by atoms with E-state index in [4.69, 9.17) is 0 Å². The Kier molecular flexibility index (Phi) is 5.84. The van der Waals surface area contributed by atoms with Crippen LogP contribution in [0.4, 0.5) is 24.5 Å². The third kappa shape index (κ3) is 5.32. The van der Waals surface area contributed by atoms with Gasteiger partial charge in [-0.3, -0.25) is 4.79 Å². The van der Waals surface area contributed by atoms with Crippen LogP contribution in [0.1, 0.15) is 29.8 Å². The minimum absolute atomic E-state index is 0.0531. The van der Waals surface area contributed by atoms with E-state index in [1.807, 2.05) is 13.8 Å². The van der Waals surface area contributed by atoms with E-state index in [1.54, 1.807) is 24.3 Å². The molecule has 2 rings (SSSR count). The van der Waals surface area contributed by atoms with E-state index in [-0.39, 0.29) is 10.9 Å². The predicted molar refractivity (Wildman–Crippen MR) is 92.7 cm³/mol. The molecule has 0 bridgehead atoms. The molecule has 2 aromatic carbocycles. The second-order valence-corrected chi connectivity index (χ2v) is 7.30. The maximum Gasteiger partial charge on any atom is 0.416 e. The van der Waals surface area contributed by atoms with E-state index < -0.39 is 28.6 Å². The van der Waals surface area contributed by atoms with Crippen LogP contribution in [0.5, 0.6) is 0 Å². The second kappa shape index (κ2) is 7.69. The van der Waals surface area contributed by atoms with Crippen molar-refractivity contribution in [1.82, 2.24) is 0 Å². The Labute approximate surface area is 146 Å². The summed E-state index contributed by atoms with van der Waals surface area (Å²) in [5.41, 5.74) is 0.430. The first-order valence-electron chi connectivity index (χ1n) is 7.42. The van der Waals surface area contributed by atoms with Gasteiger partial charge in [-0.25, -0.2) is 4.21 Å². The van der Waals surface area contributed by atoms with Crippen LogP contribution in [0, 0.1) is 0 Å². The molecule has 2 aromatic rings. The molecule has 0 aliphatic heterocycles. The van der Waals surface area contributed by atoms with Gasteiger partial charge in [0.05, 0.1) is 5.56 Å². The first-order chi connectivity index (χ1) is 11.7. The zero-order chi connectivity index (χ0) is 18.6. The highest BCUT2D eigenvalue weighted by Crippen LogP contribution is 2.29. The molecule has 0 spiro atoms. The van der Waals surface area contributed by atoms with E-state index in [0.29, 0.717) is 11.3 Å². The summed E-state index contributed by atoms with van der Waals surface area (Å²) in [6.45, 7) is 3.63. The van der Waals surface area contributed by atoms with Gasteiger partial charge >= 0.3 is 6.18 Å². The van der Waals surface area contributed by atoms with Gasteiger partial charge in [-0.2, -0.15) is 13.2 Å². The van der Waals surface area contributed by atoms with E-state index in [2.05, 4.69) is 10.0 Å². The standard InChI is InChI=1S/C17H17F3N2O2S/c1-11(2)25(24)22-15-7-3-12(4-8-15)16(23)21-14-9-5-13(6-10-14)17(18,19)20/h3-11,22H,1-2H3,(H,21,23). The summed E-state index contributed by atoms with van der Waals surface area (Å²) in [4.78, 5) is 12.1. The lowest BCUT2D eigenvalue weighted by Gasteiger charge is -2.10. The van der Waals surface area contributed by atoms with Gasteiger partial charge in [0.25, 0.3) is 5.91 Å². The average molecular weight is 370 g/mol. The molecule has 0 fully saturated rings. The third-order valence-electron chi connectivity index (χ3n) is 3.26. The summed E-state index contributed by atoms with van der Waals surface area (Å²) in [7, 11) is -1.22. The Balaban J connectivity index is 2.02. The number of alkyl halides is 3. The summed E-state index contributed by atoms with van der Waals surface area (Å²) < 4.78 is 52.1. The summed E-state index contributed by atoms with van der Waals surface area (Å²) >= 11 is 0. The summed E-state index contributed by atoms with van der Waals surface area (Å²) in [5.74, 6) is -0.448. The molecule has 1 unspecified atom stereocenters. The Morgan fingerprint density at radius 1 is 0.960 bits per heavy atom. The summed E-state index contributed by atoms with van der Waals surface area (Å²) in [6, 6.07) is 10.5. The predicted octanol–water partition coefficient (Wildman–Crippen LogP) is 4.44. The van der Waals surface area contributed by atoms with Gasteiger partial charge in [-0.1, -0.05) is 0 Å². The maximum absolute atomic E-state index is 12.5. The van der Waals surface area contributed by atoms with Gasteiger partial charge in [0.15, 0.2) is 0 Å². The molecule has 8 heteroatoms. The largest absolute Gasteiger partial charge is 0.416 e. The van der Waals surface area contributed by atoms with Crippen LogP contribution < -0.4 is 10.0 Å². The van der Waals surface area contributed by atoms with E-state index in [0.717, 1.165) is 12.1 Å². The van der Waals surface area contributed by atoms with Gasteiger partial charge in [0.1, 0.15) is 11.0 Å². The Bertz CT molecular complexity index is 757. The topological polar surface area (TPSA) is 58.2 Å². The maximum atomic E-state index is 12.5. The molecule has 25 heavy (non-hydrogen) atoms. The van der Waals surface area contributed by atoms with Crippen LogP contribution in [0.15, 0.2) is 48.5 Å². The monoisotopic (exact) mass is 370 g/mol. The third-order valence-corrected chi connectivity index (χ3v) is 4.56. The van der Waals surface area contributed by atoms with Crippen LogP contribution >= 0.6 is 0 Å². The molecule has 2 N–H and O–H groups in total. The van der Waals surface area contributed by atoms with Crippen molar-refractivity contribution >= 4 is 28.3 Å². The minimum atomic E-state index is -4.42. The van der Waals surface area contributed by atoms with Crippen LogP contribution in [-0.4, -0.2) is 15.4 Å². The molecule has 134 valence electrons. The molecular formula is C17H17F3N2O2S. The Hall–Kier alpha value is -2.35. The molecule has 0 radical (unpaired) electrons. The van der Waals surface area contributed by atoms with E-state index in [9.17, 15) is 22.2 Å². The van der Waals surface area contributed by atoms with Crippen molar-refractivity contribution in [3.8, 4) is 0 Å². The average Bonchev–Trinajstić information content (AvgIpc) is 2.55. The minimum Gasteiger partial charge on any atom is -0.322 e. The molecule has 0 saturated heterocycles. The normalized spacial score (nSPS) is 12.7.